The molecule has 8 unspecified atom stereocenters. The fourth-order valence-electron chi connectivity index (χ4n) is 10.7. The number of phosphoric ester groups is 1. The summed E-state index contributed by atoms with van der Waals surface area (Å²) in [6, 6.07) is 6.52. The number of carbonyl (C=O) groups is 7. The predicted molar refractivity (Wildman–Crippen MR) is 357 cm³/mol. The van der Waals surface area contributed by atoms with E-state index in [1.807, 2.05) is 37.4 Å². The molecule has 3 aliphatic rings. The highest BCUT2D eigenvalue weighted by Crippen LogP contribution is 2.66. The van der Waals surface area contributed by atoms with Crippen molar-refractivity contribution in [1.29, 1.82) is 0 Å². The molecule has 1 aromatic heterocycles. The second-order valence-corrected chi connectivity index (χ2v) is 29.9. The maximum Gasteiger partial charge on any atom is 0.490 e. The molecule has 2 aliphatic heterocycles. The van der Waals surface area contributed by atoms with Gasteiger partial charge < -0.3 is 76.1 Å². The van der Waals surface area contributed by atoms with Gasteiger partial charge in [-0.3, -0.25) is 48.2 Å². The number of aliphatic hydroxyl groups is 1. The van der Waals surface area contributed by atoms with Gasteiger partial charge in [0, 0.05) is 73.3 Å². The van der Waals surface area contributed by atoms with E-state index in [0.717, 1.165) is 56.7 Å². The molecule has 1 saturated heterocycles. The number of hydrogen-bond donors (Lipinski definition) is 13. The van der Waals surface area contributed by atoms with Crippen LogP contribution in [0.3, 0.4) is 0 Å². The molecule has 6 rings (SSSR count). The number of carboxylic acids is 3. The van der Waals surface area contributed by atoms with Crippen LogP contribution in [0.25, 0.3) is 0 Å². The van der Waals surface area contributed by atoms with Gasteiger partial charge in [-0.2, -0.15) is 13.6 Å². The number of fused-ring (bicyclic) bond motifs is 2. The van der Waals surface area contributed by atoms with Crippen LogP contribution in [0, 0.1) is 24.7 Å². The normalized spacial score (nSPS) is 19.4. The highest BCUT2D eigenvalue weighted by atomic mass is 33.1. The number of nitrogens with one attached hydrogen (secondary N) is 4. The van der Waals surface area contributed by atoms with Crippen LogP contribution in [0.4, 0.5) is 5.82 Å². The van der Waals surface area contributed by atoms with Gasteiger partial charge in [0.2, 0.25) is 17.7 Å². The van der Waals surface area contributed by atoms with E-state index in [9.17, 15) is 82.3 Å². The Hall–Kier alpha value is -7.09. The lowest BCUT2D eigenvalue weighted by molar-refractivity contribution is -0.148. The average Bonchev–Trinajstić information content (AvgIpc) is 0.814. The van der Waals surface area contributed by atoms with E-state index in [1.165, 1.54) is 32.7 Å². The van der Waals surface area contributed by atoms with Crippen molar-refractivity contribution in [2.24, 2.45) is 10.9 Å². The minimum atomic E-state index is -5.75. The summed E-state index contributed by atoms with van der Waals surface area (Å²) in [6.45, 7) is 7.98. The Morgan fingerprint density at radius 1 is 0.888 bits per heavy atom. The van der Waals surface area contributed by atoms with Crippen molar-refractivity contribution in [1.82, 2.24) is 35.7 Å². The molecule has 4 amide bonds. The number of carbonyl (C=O) groups excluding carboxylic acids is 4. The van der Waals surface area contributed by atoms with E-state index >= 15 is 0 Å². The molecule has 10 atom stereocenters. The number of aliphatic hydroxyl groups excluding tert-OH is 1. The first-order chi connectivity index (χ1) is 46.2. The van der Waals surface area contributed by atoms with Gasteiger partial charge in [0.05, 0.1) is 49.4 Å². The number of nitrogen functional groups attached to an aromatic ring is 1. The van der Waals surface area contributed by atoms with Crippen molar-refractivity contribution in [2.75, 3.05) is 50.5 Å². The summed E-state index contributed by atoms with van der Waals surface area (Å²) >= 11 is 0. The summed E-state index contributed by atoms with van der Waals surface area (Å²) in [7, 11) is -12.5. The second-order valence-electron chi connectivity index (χ2n) is 22.8. The topological polar surface area (TPSA) is 503 Å². The molecule has 1 fully saturated rings. The molecule has 536 valence electrons. The Bertz CT molecular complexity index is 3820. The summed E-state index contributed by atoms with van der Waals surface area (Å²) in [5.41, 5.74) is 11.4. The lowest BCUT2D eigenvalue weighted by atomic mass is 9.72. The number of carboxylic acid groups (broad SMARTS) is 3. The van der Waals surface area contributed by atoms with E-state index in [4.69, 9.17) is 30.0 Å². The number of hydrogen-bond acceptors (Lipinski definition) is 23. The molecule has 3 heterocycles. The SMILES string of the molecule is CCCc1cc2c(cc1C)C(c1ccccc1C(=O)N(C)CCCC(O)NC(CCCSSCCC(=O)NCC#Cc1cn([C@H]3CC[C@@H](COP(=O)(O)OP(=O)(O)OP(=O)(O)O)O3)c(=O)nc1N)C(=O)NC(CC(=O)O)C(=O)NC(CC(=O)O)C(=O)O)C1C=C(C)/C(=N/CC)C=C1O2. The van der Waals surface area contributed by atoms with E-state index < -0.39 is 121 Å². The van der Waals surface area contributed by atoms with Gasteiger partial charge in [-0.05, 0) is 100 Å². The monoisotopic (exact) mass is 1470 g/mol. The minimum Gasteiger partial charge on any atom is -0.481 e. The third-order valence-electron chi connectivity index (χ3n) is 15.3. The van der Waals surface area contributed by atoms with Crippen LogP contribution in [0.1, 0.15) is 135 Å². The fourth-order valence-corrected chi connectivity index (χ4v) is 15.9. The van der Waals surface area contributed by atoms with Crippen LogP contribution in [0.15, 0.2) is 75.9 Å². The highest BCUT2D eigenvalue weighted by molar-refractivity contribution is 8.76. The number of anilines is 1. The number of allylic oxidation sites excluding steroid dienone is 3. The molecule has 2 aromatic carbocycles. The number of aromatic nitrogens is 2. The average molecular weight is 1470 g/mol. The fraction of sp³-hybridized carbons (Fsp3) is 0.500. The van der Waals surface area contributed by atoms with E-state index in [1.54, 1.807) is 19.2 Å². The third kappa shape index (κ3) is 24.4. The van der Waals surface area contributed by atoms with Crippen molar-refractivity contribution in [2.45, 2.75) is 141 Å². The van der Waals surface area contributed by atoms with Gasteiger partial charge in [-0.25, -0.2) is 23.3 Å². The second kappa shape index (κ2) is 36.8. The molecule has 33 nitrogen and oxygen atoms in total. The third-order valence-corrected chi connectivity index (χ3v) is 21.6. The zero-order chi connectivity index (χ0) is 72.2. The molecular weight excluding hydrogens is 1390 g/mol. The molecule has 0 saturated carbocycles. The van der Waals surface area contributed by atoms with Crippen molar-refractivity contribution in [3.63, 3.8) is 0 Å². The molecule has 0 bridgehead atoms. The molecular formula is C60H80N9O24P3S2. The van der Waals surface area contributed by atoms with Crippen LogP contribution >= 0.6 is 45.1 Å². The lowest BCUT2D eigenvalue weighted by Gasteiger charge is -2.38. The zero-order valence-electron chi connectivity index (χ0n) is 54.0. The smallest absolute Gasteiger partial charge is 0.481 e. The number of aryl methyl sites for hydroxylation is 2. The Labute approximate surface area is 571 Å². The van der Waals surface area contributed by atoms with Gasteiger partial charge in [0.1, 0.15) is 41.9 Å². The van der Waals surface area contributed by atoms with Crippen molar-refractivity contribution < 1.29 is 110 Å². The van der Waals surface area contributed by atoms with Crippen molar-refractivity contribution in [3.8, 4) is 17.6 Å². The number of ether oxygens (including phenoxy) is 2. The summed E-state index contributed by atoms with van der Waals surface area (Å²) in [4.78, 5) is 149. The minimum absolute atomic E-state index is 0.00763. The van der Waals surface area contributed by atoms with Gasteiger partial charge in [0.15, 0.2) is 0 Å². The van der Waals surface area contributed by atoms with E-state index in [0.29, 0.717) is 29.4 Å². The summed E-state index contributed by atoms with van der Waals surface area (Å²) in [5, 5.41) is 49.6. The largest absolute Gasteiger partial charge is 0.490 e. The first-order valence-corrected chi connectivity index (χ1v) is 37.8. The molecule has 98 heavy (non-hydrogen) atoms. The molecule has 3 aromatic rings. The van der Waals surface area contributed by atoms with Crippen LogP contribution < -0.4 is 37.4 Å². The first-order valence-electron chi connectivity index (χ1n) is 30.8. The van der Waals surface area contributed by atoms with Gasteiger partial charge in [-0.15, -0.1) is 0 Å². The Morgan fingerprint density at radius 3 is 2.26 bits per heavy atom. The highest BCUT2D eigenvalue weighted by Gasteiger charge is 2.43. The van der Waals surface area contributed by atoms with Gasteiger partial charge in [0.25, 0.3) is 5.91 Å². The van der Waals surface area contributed by atoms with Crippen LogP contribution in [0.2, 0.25) is 0 Å². The quantitative estimate of drug-likeness (QED) is 0.0125. The Balaban J connectivity index is 1.04. The molecule has 0 radical (unpaired) electrons. The number of benzene rings is 2. The Kier molecular flexibility index (Phi) is 30.0. The standard InChI is InChI=1S/C60H80N9O24P3S2/c1-6-13-36-28-47-41(26-34(36)3)54(42-27-35(4)44(62-7-2)29-48(42)91-47)39-15-8-9-16-40(39)58(78)68(5)23-11-18-50(71)64-43(56(76)65-45(30-52(72)73)57(77)66-46(59(79)80)31-53(74)75)17-12-24-97-98-25-21-49(70)63-22-10-14-37-32-69(60(81)67-55(37)61)51-20-19-38(90-51)33-89-95(85,86)93-96(87,88)92-94(82,83)84/h8-9,15-16,26-29,32,38,42-43,45-46,50-51,54,64,71H,6-7,11-13,17-25,30-31,33H2,1-5H3,(H,63,70)(H,65,76)(H,66,77)(H,72,73)(H,74,75)(H,79,80)(H,85,86)(H,87,88)(H2,61,67,81)(H2,82,83,84)/b62-44+/t38-,42?,43?,45?,46?,50?,51+,54?/m0/s1. The maximum absolute atomic E-state index is 14.6. The Morgan fingerprint density at radius 2 is 1.57 bits per heavy atom. The number of nitrogens with two attached hydrogens (primary N) is 1. The number of aliphatic imine (C=N–C) groups is 1. The van der Waals surface area contributed by atoms with Gasteiger partial charge in [-0.1, -0.05) is 77.1 Å². The summed E-state index contributed by atoms with van der Waals surface area (Å²) in [5.74, 6) is -1.08. The zero-order valence-corrected chi connectivity index (χ0v) is 58.3. The number of amides is 4. The van der Waals surface area contributed by atoms with Crippen molar-refractivity contribution in [3.05, 3.63) is 110 Å². The van der Waals surface area contributed by atoms with E-state index in [2.05, 4.69) is 78.0 Å². The molecule has 1 aliphatic carbocycles. The van der Waals surface area contributed by atoms with Gasteiger partial charge >= 0.3 is 47.1 Å². The lowest BCUT2D eigenvalue weighted by Crippen LogP contribution is -2.57. The predicted octanol–water partition coefficient (Wildman–Crippen LogP) is 4.40. The molecule has 14 N–H and O–H groups in total. The van der Waals surface area contributed by atoms with E-state index in [-0.39, 0.29) is 87.2 Å². The summed E-state index contributed by atoms with van der Waals surface area (Å²) < 4.78 is 60.1. The number of rotatable bonds is 37. The van der Waals surface area contributed by atoms with Crippen LogP contribution in [0.5, 0.6) is 5.75 Å². The van der Waals surface area contributed by atoms with Crippen LogP contribution in [-0.2, 0) is 66.8 Å². The van der Waals surface area contributed by atoms with Crippen LogP contribution in [-0.4, -0.2) is 177 Å². The molecule has 0 spiro atoms. The maximum atomic E-state index is 14.6. The first kappa shape index (κ1) is 79.9. The van der Waals surface area contributed by atoms with Crippen molar-refractivity contribution >= 4 is 98.1 Å². The number of phosphoric acid groups is 3. The number of aliphatic carboxylic acids is 3. The number of nitrogens with zero attached hydrogens (tertiary/aromatic N) is 4. The summed E-state index contributed by atoms with van der Waals surface area (Å²) in [6.07, 6.45) is 2.38. The molecule has 38 heteroatoms.